The third-order valence-electron chi connectivity index (χ3n) is 3.80. The Balaban J connectivity index is 2.43. The van der Waals surface area contributed by atoms with Gasteiger partial charge < -0.3 is 4.90 Å². The molecule has 0 amide bonds. The summed E-state index contributed by atoms with van der Waals surface area (Å²) in [6, 6.07) is 3.04. The molecule has 5 nitrogen and oxygen atoms in total. The molecule has 0 aliphatic carbocycles. The molecule has 0 N–H and O–H groups in total. The summed E-state index contributed by atoms with van der Waals surface area (Å²) in [4.78, 5) is 6.90. The number of hydrogen-bond acceptors (Lipinski definition) is 4. The summed E-state index contributed by atoms with van der Waals surface area (Å²) in [5.41, 5.74) is 3.09. The summed E-state index contributed by atoms with van der Waals surface area (Å²) < 4.78 is 15.6. The smallest absolute Gasteiger partial charge is 0.204 e. The van der Waals surface area contributed by atoms with Gasteiger partial charge in [-0.05, 0) is 31.9 Å². The molecular formula is C15H18FN5. The summed E-state index contributed by atoms with van der Waals surface area (Å²) in [5.74, 6) is 0.540. The van der Waals surface area contributed by atoms with E-state index in [0.29, 0.717) is 11.2 Å². The van der Waals surface area contributed by atoms with Gasteiger partial charge in [0, 0.05) is 19.2 Å². The van der Waals surface area contributed by atoms with Crippen LogP contribution in [0.4, 0.5) is 10.2 Å². The normalized spacial score (nSPS) is 11.4. The molecule has 3 aromatic rings. The van der Waals surface area contributed by atoms with Crippen molar-refractivity contribution in [2.24, 2.45) is 0 Å². The Kier molecular flexibility index (Phi) is 3.45. The molecule has 110 valence electrons. The van der Waals surface area contributed by atoms with Crippen molar-refractivity contribution in [2.45, 2.75) is 27.2 Å². The third kappa shape index (κ3) is 2.11. The summed E-state index contributed by atoms with van der Waals surface area (Å²) >= 11 is 0. The molecule has 21 heavy (non-hydrogen) atoms. The minimum Gasteiger partial charge on any atom is -0.354 e. The second kappa shape index (κ2) is 5.27. The van der Waals surface area contributed by atoms with E-state index in [1.165, 1.54) is 6.07 Å². The van der Waals surface area contributed by atoms with Crippen molar-refractivity contribution in [3.05, 3.63) is 29.8 Å². The monoisotopic (exact) mass is 287 g/mol. The average molecular weight is 287 g/mol. The van der Waals surface area contributed by atoms with E-state index in [2.05, 4.69) is 28.9 Å². The Hall–Kier alpha value is -2.24. The first kappa shape index (κ1) is 13.7. The first-order valence-electron chi connectivity index (χ1n) is 7.26. The number of benzene rings is 1. The van der Waals surface area contributed by atoms with Crippen molar-refractivity contribution in [1.82, 2.24) is 19.6 Å². The maximum atomic E-state index is 13.8. The fourth-order valence-electron chi connectivity index (χ4n) is 2.68. The van der Waals surface area contributed by atoms with E-state index >= 15 is 0 Å². The molecule has 0 radical (unpaired) electrons. The van der Waals surface area contributed by atoms with Crippen molar-refractivity contribution in [3.63, 3.8) is 0 Å². The molecule has 3 rings (SSSR count). The second-order valence-corrected chi connectivity index (χ2v) is 4.92. The number of aryl methyl sites for hydroxylation is 1. The van der Waals surface area contributed by atoms with Crippen LogP contribution in [0.15, 0.2) is 18.5 Å². The average Bonchev–Trinajstić information content (AvgIpc) is 2.98. The predicted octanol–water partition coefficient (Wildman–Crippen LogP) is 2.83. The van der Waals surface area contributed by atoms with Crippen LogP contribution >= 0.6 is 0 Å². The van der Waals surface area contributed by atoms with Crippen LogP contribution in [0.5, 0.6) is 0 Å². The van der Waals surface area contributed by atoms with Gasteiger partial charge in [0.25, 0.3) is 0 Å². The Morgan fingerprint density at radius 2 is 1.95 bits per heavy atom. The SMILES string of the molecule is CCc1cc(F)cc2c1nc(N(CC)CC)c1nncn12. The van der Waals surface area contributed by atoms with Crippen LogP contribution < -0.4 is 4.90 Å². The number of fused-ring (bicyclic) bond motifs is 3. The fraction of sp³-hybridized carbons (Fsp3) is 0.400. The van der Waals surface area contributed by atoms with Gasteiger partial charge in [-0.2, -0.15) is 0 Å². The van der Waals surface area contributed by atoms with Crippen LogP contribution in [0.1, 0.15) is 26.3 Å². The van der Waals surface area contributed by atoms with E-state index in [1.807, 2.05) is 11.3 Å². The van der Waals surface area contributed by atoms with E-state index < -0.39 is 0 Å². The van der Waals surface area contributed by atoms with Crippen molar-refractivity contribution in [3.8, 4) is 0 Å². The lowest BCUT2D eigenvalue weighted by Gasteiger charge is -2.21. The van der Waals surface area contributed by atoms with Gasteiger partial charge in [-0.25, -0.2) is 9.37 Å². The molecule has 2 aromatic heterocycles. The first-order valence-corrected chi connectivity index (χ1v) is 7.26. The maximum Gasteiger partial charge on any atom is 0.204 e. The Morgan fingerprint density at radius 1 is 1.19 bits per heavy atom. The van der Waals surface area contributed by atoms with Crippen LogP contribution in [-0.2, 0) is 6.42 Å². The fourth-order valence-corrected chi connectivity index (χ4v) is 2.68. The van der Waals surface area contributed by atoms with Crippen LogP contribution in [0.2, 0.25) is 0 Å². The van der Waals surface area contributed by atoms with Crippen LogP contribution in [0, 0.1) is 5.82 Å². The lowest BCUT2D eigenvalue weighted by atomic mass is 10.1. The highest BCUT2D eigenvalue weighted by Gasteiger charge is 2.16. The minimum atomic E-state index is -0.258. The van der Waals surface area contributed by atoms with E-state index in [0.717, 1.165) is 36.4 Å². The predicted molar refractivity (Wildman–Crippen MR) is 81.2 cm³/mol. The summed E-state index contributed by atoms with van der Waals surface area (Å²) in [6.07, 6.45) is 2.35. The van der Waals surface area contributed by atoms with Gasteiger partial charge in [0.15, 0.2) is 5.82 Å². The lowest BCUT2D eigenvalue weighted by Crippen LogP contribution is -2.24. The highest BCUT2D eigenvalue weighted by atomic mass is 19.1. The maximum absolute atomic E-state index is 13.8. The Labute approximate surface area is 122 Å². The standard InChI is InChI=1S/C15H18FN5/c1-4-10-7-11(16)8-12-13(10)18-14(20(5-2)6-3)15-19-17-9-21(12)15/h7-9H,4-6H2,1-3H3. The third-order valence-corrected chi connectivity index (χ3v) is 3.80. The molecule has 0 fully saturated rings. The van der Waals surface area contributed by atoms with Gasteiger partial charge in [-0.15, -0.1) is 10.2 Å². The molecular weight excluding hydrogens is 269 g/mol. The molecule has 0 saturated carbocycles. The van der Waals surface area contributed by atoms with Crippen molar-refractivity contribution >= 4 is 22.5 Å². The second-order valence-electron chi connectivity index (χ2n) is 4.92. The van der Waals surface area contributed by atoms with E-state index in [4.69, 9.17) is 4.98 Å². The number of aromatic nitrogens is 4. The van der Waals surface area contributed by atoms with Gasteiger partial charge in [0.1, 0.15) is 12.1 Å². The molecule has 0 aliphatic heterocycles. The largest absolute Gasteiger partial charge is 0.354 e. The van der Waals surface area contributed by atoms with E-state index in [9.17, 15) is 4.39 Å². The zero-order valence-electron chi connectivity index (χ0n) is 12.5. The number of nitrogens with zero attached hydrogens (tertiary/aromatic N) is 5. The molecule has 6 heteroatoms. The van der Waals surface area contributed by atoms with E-state index in [1.54, 1.807) is 12.4 Å². The highest BCUT2D eigenvalue weighted by molar-refractivity contribution is 5.85. The van der Waals surface area contributed by atoms with Gasteiger partial charge in [-0.3, -0.25) is 4.40 Å². The van der Waals surface area contributed by atoms with Crippen molar-refractivity contribution < 1.29 is 4.39 Å². The molecule has 1 aromatic carbocycles. The number of rotatable bonds is 4. The van der Waals surface area contributed by atoms with Crippen LogP contribution in [0.25, 0.3) is 16.7 Å². The quantitative estimate of drug-likeness (QED) is 0.740. The molecule has 0 bridgehead atoms. The molecule has 0 atom stereocenters. The van der Waals surface area contributed by atoms with Crippen LogP contribution in [-0.4, -0.2) is 32.7 Å². The zero-order chi connectivity index (χ0) is 15.0. The van der Waals surface area contributed by atoms with Gasteiger partial charge >= 0.3 is 0 Å². The van der Waals surface area contributed by atoms with Gasteiger partial charge in [0.2, 0.25) is 5.65 Å². The number of anilines is 1. The topological polar surface area (TPSA) is 46.3 Å². The number of halogens is 1. The Morgan fingerprint density at radius 3 is 2.62 bits per heavy atom. The van der Waals surface area contributed by atoms with Crippen molar-refractivity contribution in [2.75, 3.05) is 18.0 Å². The molecule has 2 heterocycles. The van der Waals surface area contributed by atoms with Gasteiger partial charge in [-0.1, -0.05) is 6.92 Å². The Bertz CT molecular complexity index is 791. The lowest BCUT2D eigenvalue weighted by molar-refractivity contribution is 0.627. The summed E-state index contributed by atoms with van der Waals surface area (Å²) in [7, 11) is 0. The van der Waals surface area contributed by atoms with Crippen LogP contribution in [0.3, 0.4) is 0 Å². The number of hydrogen-bond donors (Lipinski definition) is 0. The van der Waals surface area contributed by atoms with Crippen molar-refractivity contribution in [1.29, 1.82) is 0 Å². The zero-order valence-corrected chi connectivity index (χ0v) is 12.5. The first-order chi connectivity index (χ1) is 10.2. The molecule has 0 saturated heterocycles. The molecule has 0 aliphatic rings. The summed E-state index contributed by atoms with van der Waals surface area (Å²) in [5, 5.41) is 8.13. The molecule has 0 spiro atoms. The van der Waals surface area contributed by atoms with E-state index in [-0.39, 0.29) is 5.82 Å². The van der Waals surface area contributed by atoms with Gasteiger partial charge in [0.05, 0.1) is 11.0 Å². The summed E-state index contributed by atoms with van der Waals surface area (Å²) in [6.45, 7) is 7.82. The molecule has 0 unspecified atom stereocenters. The minimum absolute atomic E-state index is 0.258. The highest BCUT2D eigenvalue weighted by Crippen LogP contribution is 2.26.